The van der Waals surface area contributed by atoms with Gasteiger partial charge in [-0.05, 0) is 0 Å². The molecular formula is C26H38Sn. The minimum absolute atomic E-state index is 0.187. The molecule has 0 heterocycles. The Bertz CT molecular complexity index is 798. The Morgan fingerprint density at radius 1 is 0.519 bits per heavy atom. The normalized spacial score (nSPS) is 12.6. The van der Waals surface area contributed by atoms with Gasteiger partial charge in [-0.3, -0.25) is 0 Å². The molecule has 27 heavy (non-hydrogen) atoms. The first-order chi connectivity index (χ1) is 12.2. The van der Waals surface area contributed by atoms with Gasteiger partial charge >= 0.3 is 179 Å². The van der Waals surface area contributed by atoms with Gasteiger partial charge in [-0.15, -0.1) is 0 Å². The Balaban J connectivity index is 2.84. The van der Waals surface area contributed by atoms with E-state index in [1.165, 1.54) is 33.4 Å². The van der Waals surface area contributed by atoms with Crippen LogP contribution in [0.25, 0.3) is 0 Å². The summed E-state index contributed by atoms with van der Waals surface area (Å²) < 4.78 is 3.40. The molecule has 0 aliphatic rings. The van der Waals surface area contributed by atoms with Crippen molar-refractivity contribution in [1.29, 1.82) is 0 Å². The van der Waals surface area contributed by atoms with Crippen molar-refractivity contribution in [2.24, 2.45) is 0 Å². The van der Waals surface area contributed by atoms with Gasteiger partial charge in [0.25, 0.3) is 0 Å². The van der Waals surface area contributed by atoms with E-state index < -0.39 is 21.1 Å². The Kier molecular flexibility index (Phi) is 6.32. The molecule has 1 heteroatoms. The van der Waals surface area contributed by atoms with Crippen LogP contribution in [-0.2, 0) is 10.8 Å². The van der Waals surface area contributed by atoms with Crippen LogP contribution in [-0.4, -0.2) is 21.1 Å². The van der Waals surface area contributed by atoms with Crippen LogP contribution in [0.5, 0.6) is 0 Å². The van der Waals surface area contributed by atoms with Gasteiger partial charge in [-0.1, -0.05) is 0 Å². The van der Waals surface area contributed by atoms with Crippen LogP contribution in [0.15, 0.2) is 12.1 Å². The third kappa shape index (κ3) is 4.47. The maximum atomic E-state index is 2.42. The number of benzene rings is 2. The van der Waals surface area contributed by atoms with E-state index in [0.717, 1.165) is 0 Å². The van der Waals surface area contributed by atoms with Crippen LogP contribution >= 0.6 is 0 Å². The summed E-state index contributed by atoms with van der Waals surface area (Å²) in [6.45, 7) is 28.2. The molecule has 0 aliphatic carbocycles. The predicted octanol–water partition coefficient (Wildman–Crippen LogP) is 5.79. The molecular weight excluding hydrogens is 431 g/mol. The van der Waals surface area contributed by atoms with Crippen LogP contribution < -0.4 is 7.16 Å². The molecule has 0 aromatic heterocycles. The zero-order chi connectivity index (χ0) is 20.9. The molecule has 0 atom stereocenters. The summed E-state index contributed by atoms with van der Waals surface area (Å²) in [6, 6.07) is 4.85. The van der Waals surface area contributed by atoms with E-state index in [0.29, 0.717) is 0 Å². The number of hydrogen-bond donors (Lipinski definition) is 0. The van der Waals surface area contributed by atoms with Crippen LogP contribution in [0.3, 0.4) is 0 Å². The molecule has 2 aromatic carbocycles. The summed E-state index contributed by atoms with van der Waals surface area (Å²) >= 11 is -0.945. The van der Waals surface area contributed by atoms with Gasteiger partial charge < -0.3 is 0 Å². The minimum atomic E-state index is -0.945. The van der Waals surface area contributed by atoms with E-state index in [1.54, 1.807) is 18.3 Å². The number of rotatable bonds is 2. The van der Waals surface area contributed by atoms with E-state index in [2.05, 4.69) is 95.2 Å². The molecule has 0 saturated carbocycles. The van der Waals surface area contributed by atoms with Gasteiger partial charge in [-0.25, -0.2) is 0 Å². The topological polar surface area (TPSA) is 0 Å². The van der Waals surface area contributed by atoms with Gasteiger partial charge in [-0.2, -0.15) is 0 Å². The van der Waals surface area contributed by atoms with E-state index >= 15 is 0 Å². The molecule has 0 fully saturated rings. The van der Waals surface area contributed by atoms with E-state index in [1.807, 2.05) is 0 Å². The third-order valence-electron chi connectivity index (χ3n) is 5.84. The van der Waals surface area contributed by atoms with Crippen LogP contribution in [0.1, 0.15) is 86.1 Å². The molecule has 0 bridgehead atoms. The molecule has 0 saturated heterocycles. The standard InChI is InChI=1S/2C13H19.Sn/c2*1-9-7-10(2)11(3)12(8-9)13(4,5)6;/h2*7H,1-6H3;. The van der Waals surface area contributed by atoms with Gasteiger partial charge in [0.05, 0.1) is 0 Å². The second-order valence-corrected chi connectivity index (χ2v) is 14.0. The average Bonchev–Trinajstić information content (AvgIpc) is 2.47. The molecule has 0 amide bonds. The van der Waals surface area contributed by atoms with E-state index in [-0.39, 0.29) is 10.8 Å². The average molecular weight is 469 g/mol. The summed E-state index contributed by atoms with van der Waals surface area (Å²) in [6.07, 6.45) is 0. The van der Waals surface area contributed by atoms with Crippen molar-refractivity contribution in [3.63, 3.8) is 0 Å². The molecule has 0 aliphatic heterocycles. The molecule has 146 valence electrons. The van der Waals surface area contributed by atoms with Crippen LogP contribution in [0.2, 0.25) is 0 Å². The van der Waals surface area contributed by atoms with Crippen LogP contribution in [0, 0.1) is 41.5 Å². The van der Waals surface area contributed by atoms with Crippen molar-refractivity contribution >= 4 is 28.3 Å². The van der Waals surface area contributed by atoms with Crippen molar-refractivity contribution in [2.45, 2.75) is 93.9 Å². The SMILES string of the molecule is Cc1cc(C)[c]([Sn][c]2c(C)cc(C)c(C)c2C(C)(C)C)c(C(C)(C)C)c1C. The van der Waals surface area contributed by atoms with Gasteiger partial charge in [0, 0.05) is 0 Å². The van der Waals surface area contributed by atoms with Crippen molar-refractivity contribution < 1.29 is 0 Å². The van der Waals surface area contributed by atoms with E-state index in [4.69, 9.17) is 0 Å². The van der Waals surface area contributed by atoms with E-state index in [9.17, 15) is 0 Å². The van der Waals surface area contributed by atoms with Crippen molar-refractivity contribution in [3.8, 4) is 0 Å². The number of aryl methyl sites for hydroxylation is 4. The Morgan fingerprint density at radius 2 is 0.815 bits per heavy atom. The molecule has 2 rings (SSSR count). The third-order valence-corrected chi connectivity index (χ3v) is 10.9. The van der Waals surface area contributed by atoms with Gasteiger partial charge in [0.1, 0.15) is 0 Å². The Morgan fingerprint density at radius 3 is 1.07 bits per heavy atom. The quantitative estimate of drug-likeness (QED) is 0.489. The second kappa shape index (κ2) is 7.58. The summed E-state index contributed by atoms with van der Waals surface area (Å²) in [5.74, 6) is 0. The van der Waals surface area contributed by atoms with Gasteiger partial charge in [0.15, 0.2) is 0 Å². The Hall–Kier alpha value is -0.761. The summed E-state index contributed by atoms with van der Waals surface area (Å²) in [5, 5.41) is 0. The fourth-order valence-electron chi connectivity index (χ4n) is 4.50. The second-order valence-electron chi connectivity index (χ2n) is 10.4. The van der Waals surface area contributed by atoms with Crippen molar-refractivity contribution in [2.75, 3.05) is 0 Å². The molecule has 0 N–H and O–H groups in total. The summed E-state index contributed by atoms with van der Waals surface area (Å²) in [4.78, 5) is 0. The van der Waals surface area contributed by atoms with Crippen LogP contribution in [0.4, 0.5) is 0 Å². The van der Waals surface area contributed by atoms with Gasteiger partial charge in [0.2, 0.25) is 0 Å². The maximum absolute atomic E-state index is 2.42. The van der Waals surface area contributed by atoms with Crippen molar-refractivity contribution in [3.05, 3.63) is 56.6 Å². The first-order valence-electron chi connectivity index (χ1n) is 10.2. The zero-order valence-corrected chi connectivity index (χ0v) is 22.5. The first kappa shape index (κ1) is 22.5. The molecule has 2 aromatic rings. The zero-order valence-electron chi connectivity index (χ0n) is 19.7. The fourth-order valence-corrected chi connectivity index (χ4v) is 10.7. The predicted molar refractivity (Wildman–Crippen MR) is 124 cm³/mol. The van der Waals surface area contributed by atoms with Crippen molar-refractivity contribution in [1.82, 2.24) is 0 Å². The Labute approximate surface area is 178 Å². The number of hydrogen-bond acceptors (Lipinski definition) is 0. The summed E-state index contributed by atoms with van der Waals surface area (Å²) in [5.41, 5.74) is 12.5. The molecule has 0 nitrogen and oxygen atoms in total. The molecule has 0 spiro atoms. The first-order valence-corrected chi connectivity index (χ1v) is 13.0. The molecule has 0 unspecified atom stereocenters. The fraction of sp³-hybridized carbons (Fsp3) is 0.538. The molecule has 2 radical (unpaired) electrons. The summed E-state index contributed by atoms with van der Waals surface area (Å²) in [7, 11) is 0. The monoisotopic (exact) mass is 470 g/mol.